The molecule has 0 atom stereocenters. The second-order valence-electron chi connectivity index (χ2n) is 3.03. The van der Waals surface area contributed by atoms with Crippen molar-refractivity contribution in [3.8, 4) is 0 Å². The molecule has 16 heavy (non-hydrogen) atoms. The highest BCUT2D eigenvalue weighted by Crippen LogP contribution is 2.27. The predicted octanol–water partition coefficient (Wildman–Crippen LogP) is 1.68. The number of hydrogen-bond donors (Lipinski definition) is 2. The number of nitrogens with zero attached hydrogens (tertiary/aromatic N) is 2. The number of amides is 1. The summed E-state index contributed by atoms with van der Waals surface area (Å²) in [4.78, 5) is 21.8. The Balaban J connectivity index is 3.21. The van der Waals surface area contributed by atoms with Crippen molar-refractivity contribution in [2.45, 2.75) is 6.92 Å². The molecule has 1 aromatic carbocycles. The maximum Gasteiger partial charge on any atom is 0.411 e. The zero-order valence-corrected chi connectivity index (χ0v) is 8.58. The van der Waals surface area contributed by atoms with E-state index in [4.69, 9.17) is 10.8 Å². The van der Waals surface area contributed by atoms with Gasteiger partial charge in [0.15, 0.2) is 0 Å². The standard InChI is InChI=1S/C9H11N3O4/c1-2-11(9(13)14)6-3-4-7(10)8(5-6)12(15)16/h3-5H,2,10H2,1H3,(H,13,14). The molecule has 0 fully saturated rings. The van der Waals surface area contributed by atoms with Crippen LogP contribution in [-0.4, -0.2) is 22.7 Å². The van der Waals surface area contributed by atoms with Gasteiger partial charge in [-0.1, -0.05) is 0 Å². The molecule has 7 heteroatoms. The van der Waals surface area contributed by atoms with Gasteiger partial charge in [0.1, 0.15) is 5.69 Å². The Labute approximate surface area is 91.2 Å². The summed E-state index contributed by atoms with van der Waals surface area (Å²) in [6.07, 6.45) is -1.17. The largest absolute Gasteiger partial charge is 0.465 e. The fourth-order valence-electron chi connectivity index (χ4n) is 1.29. The maximum atomic E-state index is 10.8. The van der Waals surface area contributed by atoms with Crippen molar-refractivity contribution in [2.75, 3.05) is 17.2 Å². The molecule has 0 saturated carbocycles. The third kappa shape index (κ3) is 2.19. The SMILES string of the molecule is CCN(C(=O)O)c1ccc(N)c([N+](=O)[O-])c1. The highest BCUT2D eigenvalue weighted by molar-refractivity contribution is 5.87. The number of nitro groups is 1. The summed E-state index contributed by atoms with van der Waals surface area (Å²) in [5, 5.41) is 19.5. The Morgan fingerprint density at radius 2 is 2.25 bits per heavy atom. The van der Waals surface area contributed by atoms with Crippen LogP contribution in [0.4, 0.5) is 21.9 Å². The number of carbonyl (C=O) groups is 1. The molecule has 0 aliphatic rings. The highest BCUT2D eigenvalue weighted by Gasteiger charge is 2.17. The van der Waals surface area contributed by atoms with E-state index in [0.29, 0.717) is 0 Å². The van der Waals surface area contributed by atoms with Crippen LogP contribution < -0.4 is 10.6 Å². The lowest BCUT2D eigenvalue weighted by molar-refractivity contribution is -0.383. The highest BCUT2D eigenvalue weighted by atomic mass is 16.6. The number of anilines is 2. The van der Waals surface area contributed by atoms with Crippen LogP contribution in [0.15, 0.2) is 18.2 Å². The number of carboxylic acid groups (broad SMARTS) is 1. The minimum absolute atomic E-state index is 0.00944. The van der Waals surface area contributed by atoms with E-state index in [1.54, 1.807) is 6.92 Å². The van der Waals surface area contributed by atoms with Gasteiger partial charge in [0.05, 0.1) is 10.6 Å². The molecule has 0 spiro atoms. The zero-order chi connectivity index (χ0) is 12.3. The van der Waals surface area contributed by atoms with Crippen molar-refractivity contribution in [1.82, 2.24) is 0 Å². The van der Waals surface area contributed by atoms with Crippen LogP contribution in [-0.2, 0) is 0 Å². The monoisotopic (exact) mass is 225 g/mol. The van der Waals surface area contributed by atoms with Gasteiger partial charge in [-0.25, -0.2) is 4.79 Å². The van der Waals surface area contributed by atoms with E-state index in [-0.39, 0.29) is 23.6 Å². The topological polar surface area (TPSA) is 110 Å². The molecular weight excluding hydrogens is 214 g/mol. The minimum atomic E-state index is -1.17. The van der Waals surface area contributed by atoms with Crippen molar-refractivity contribution in [3.05, 3.63) is 28.3 Å². The summed E-state index contributed by atoms with van der Waals surface area (Å²) in [6, 6.07) is 3.89. The lowest BCUT2D eigenvalue weighted by Crippen LogP contribution is -2.28. The van der Waals surface area contributed by atoms with Gasteiger partial charge in [0, 0.05) is 12.6 Å². The first-order valence-corrected chi connectivity index (χ1v) is 4.51. The van der Waals surface area contributed by atoms with E-state index in [2.05, 4.69) is 0 Å². The van der Waals surface area contributed by atoms with Gasteiger partial charge in [0.2, 0.25) is 0 Å². The second kappa shape index (κ2) is 4.47. The molecule has 1 amide bonds. The molecule has 86 valence electrons. The van der Waals surface area contributed by atoms with E-state index in [9.17, 15) is 14.9 Å². The molecule has 0 heterocycles. The van der Waals surface area contributed by atoms with Crippen LogP contribution in [0.2, 0.25) is 0 Å². The van der Waals surface area contributed by atoms with Crippen molar-refractivity contribution in [1.29, 1.82) is 0 Å². The van der Waals surface area contributed by atoms with E-state index < -0.39 is 11.0 Å². The third-order valence-corrected chi connectivity index (χ3v) is 2.07. The van der Waals surface area contributed by atoms with Crippen LogP contribution >= 0.6 is 0 Å². The molecule has 1 aromatic rings. The second-order valence-corrected chi connectivity index (χ2v) is 3.03. The number of hydrogen-bond acceptors (Lipinski definition) is 4. The summed E-state index contributed by atoms with van der Waals surface area (Å²) < 4.78 is 0. The lowest BCUT2D eigenvalue weighted by Gasteiger charge is -2.16. The number of nitrogen functional groups attached to an aromatic ring is 1. The zero-order valence-electron chi connectivity index (χ0n) is 8.58. The minimum Gasteiger partial charge on any atom is -0.465 e. The normalized spacial score (nSPS) is 9.81. The van der Waals surface area contributed by atoms with E-state index in [1.165, 1.54) is 12.1 Å². The van der Waals surface area contributed by atoms with Crippen molar-refractivity contribution in [2.24, 2.45) is 0 Å². The van der Waals surface area contributed by atoms with Crippen LogP contribution in [0, 0.1) is 10.1 Å². The quantitative estimate of drug-likeness (QED) is 0.462. The third-order valence-electron chi connectivity index (χ3n) is 2.07. The van der Waals surface area contributed by atoms with Crippen molar-refractivity contribution >= 4 is 23.2 Å². The van der Waals surface area contributed by atoms with Crippen LogP contribution in [0.5, 0.6) is 0 Å². The molecule has 0 bridgehead atoms. The number of nitrogens with two attached hydrogens (primary N) is 1. The van der Waals surface area contributed by atoms with E-state index in [0.717, 1.165) is 11.0 Å². The van der Waals surface area contributed by atoms with E-state index >= 15 is 0 Å². The summed E-state index contributed by atoms with van der Waals surface area (Å²) in [5.74, 6) is 0. The number of rotatable bonds is 3. The molecule has 3 N–H and O–H groups in total. The predicted molar refractivity (Wildman–Crippen MR) is 58.6 cm³/mol. The Morgan fingerprint density at radius 3 is 2.69 bits per heavy atom. The van der Waals surface area contributed by atoms with Crippen LogP contribution in [0.3, 0.4) is 0 Å². The van der Waals surface area contributed by atoms with E-state index in [1.807, 2.05) is 0 Å². The molecule has 0 aromatic heterocycles. The van der Waals surface area contributed by atoms with Crippen molar-refractivity contribution in [3.63, 3.8) is 0 Å². The molecular formula is C9H11N3O4. The van der Waals surface area contributed by atoms with Gasteiger partial charge >= 0.3 is 6.09 Å². The Hall–Kier alpha value is -2.31. The molecule has 1 rings (SSSR count). The summed E-state index contributed by atoms with van der Waals surface area (Å²) in [7, 11) is 0. The Bertz CT molecular complexity index is 433. The average molecular weight is 225 g/mol. The average Bonchev–Trinajstić information content (AvgIpc) is 2.20. The van der Waals surface area contributed by atoms with Crippen molar-refractivity contribution < 1.29 is 14.8 Å². The fraction of sp³-hybridized carbons (Fsp3) is 0.222. The summed E-state index contributed by atoms with van der Waals surface area (Å²) in [6.45, 7) is 1.84. The summed E-state index contributed by atoms with van der Waals surface area (Å²) in [5.41, 5.74) is 5.35. The first-order valence-electron chi connectivity index (χ1n) is 4.51. The number of benzene rings is 1. The van der Waals surface area contributed by atoms with Gasteiger partial charge in [-0.15, -0.1) is 0 Å². The van der Waals surface area contributed by atoms with Gasteiger partial charge in [0.25, 0.3) is 5.69 Å². The Kier molecular flexibility index (Phi) is 3.29. The molecule has 0 aliphatic heterocycles. The van der Waals surface area contributed by atoms with Gasteiger partial charge < -0.3 is 10.8 Å². The van der Waals surface area contributed by atoms with Gasteiger partial charge in [-0.2, -0.15) is 0 Å². The van der Waals surface area contributed by atoms with Gasteiger partial charge in [-0.05, 0) is 19.1 Å². The summed E-state index contributed by atoms with van der Waals surface area (Å²) >= 11 is 0. The molecule has 0 radical (unpaired) electrons. The maximum absolute atomic E-state index is 10.8. The lowest BCUT2D eigenvalue weighted by atomic mass is 10.2. The van der Waals surface area contributed by atoms with Gasteiger partial charge in [-0.3, -0.25) is 15.0 Å². The van der Waals surface area contributed by atoms with Crippen LogP contribution in [0.1, 0.15) is 6.92 Å². The molecule has 0 unspecified atom stereocenters. The smallest absolute Gasteiger partial charge is 0.411 e. The van der Waals surface area contributed by atoms with Crippen LogP contribution in [0.25, 0.3) is 0 Å². The number of nitro benzene ring substituents is 1. The molecule has 7 nitrogen and oxygen atoms in total. The Morgan fingerprint density at radius 1 is 1.62 bits per heavy atom. The first-order chi connectivity index (χ1) is 7.47. The molecule has 0 aliphatic carbocycles. The molecule has 0 saturated heterocycles. The first kappa shape index (κ1) is 11.8. The fourth-order valence-corrected chi connectivity index (χ4v) is 1.29.